The summed E-state index contributed by atoms with van der Waals surface area (Å²) in [5.74, 6) is 0.612. The van der Waals surface area contributed by atoms with Crippen molar-refractivity contribution in [3.63, 3.8) is 0 Å². The number of amides is 1. The molecule has 7 heteroatoms. The minimum atomic E-state index is -0.541. The summed E-state index contributed by atoms with van der Waals surface area (Å²) < 4.78 is 25.7. The summed E-state index contributed by atoms with van der Waals surface area (Å²) in [6.07, 6.45) is 1.63. The number of nitrogens with zero attached hydrogens (tertiary/aromatic N) is 1. The second-order valence-corrected chi connectivity index (χ2v) is 6.86. The molecule has 2 heterocycles. The summed E-state index contributed by atoms with van der Waals surface area (Å²) in [7, 11) is 0. The van der Waals surface area contributed by atoms with E-state index >= 15 is 0 Å². The van der Waals surface area contributed by atoms with E-state index in [1.165, 1.54) is 6.07 Å². The van der Waals surface area contributed by atoms with E-state index in [-0.39, 0.29) is 12.4 Å². The van der Waals surface area contributed by atoms with Crippen LogP contribution in [0, 0.1) is 12.7 Å². The van der Waals surface area contributed by atoms with Crippen molar-refractivity contribution in [1.29, 1.82) is 0 Å². The fourth-order valence-corrected chi connectivity index (χ4v) is 3.32. The predicted molar refractivity (Wildman–Crippen MR) is 103 cm³/mol. The van der Waals surface area contributed by atoms with Crippen LogP contribution in [-0.4, -0.2) is 17.7 Å². The Hall–Kier alpha value is -2.93. The number of fused-ring (bicyclic) bond motifs is 1. The standard InChI is InChI=1S/C20H14BrFN2O3/c1-11-3-2-4-13(19(11)22)20(25)24-18-6-5-12(9-23-18)14-7-16-17(8-15(14)21)27-10-26-16/h2-9H,10H2,1H3,(H,23,24,25). The molecule has 5 nitrogen and oxygen atoms in total. The van der Waals surface area contributed by atoms with Gasteiger partial charge in [-0.25, -0.2) is 9.37 Å². The Morgan fingerprint density at radius 3 is 2.70 bits per heavy atom. The van der Waals surface area contributed by atoms with Gasteiger partial charge in [-0.1, -0.05) is 28.1 Å². The molecule has 0 bridgehead atoms. The molecule has 1 aliphatic heterocycles. The van der Waals surface area contributed by atoms with Crippen LogP contribution >= 0.6 is 15.9 Å². The first kappa shape index (κ1) is 17.5. The van der Waals surface area contributed by atoms with Gasteiger partial charge in [-0.3, -0.25) is 4.79 Å². The third-order valence-electron chi connectivity index (χ3n) is 4.21. The number of halogens is 2. The lowest BCUT2D eigenvalue weighted by molar-refractivity contribution is 0.102. The third-order valence-corrected chi connectivity index (χ3v) is 4.87. The fraction of sp³-hybridized carbons (Fsp3) is 0.100. The van der Waals surface area contributed by atoms with E-state index in [1.807, 2.05) is 18.2 Å². The SMILES string of the molecule is Cc1cccc(C(=O)Nc2ccc(-c3cc4c(cc3Br)OCO4)cn2)c1F. The highest BCUT2D eigenvalue weighted by Gasteiger charge is 2.18. The number of ether oxygens (including phenoxy) is 2. The molecule has 0 atom stereocenters. The number of benzene rings is 2. The Bertz CT molecular complexity index is 1040. The van der Waals surface area contributed by atoms with Crippen molar-refractivity contribution in [2.75, 3.05) is 12.1 Å². The Balaban J connectivity index is 1.56. The molecule has 27 heavy (non-hydrogen) atoms. The first-order valence-corrected chi connectivity index (χ1v) is 8.94. The lowest BCUT2D eigenvalue weighted by Gasteiger charge is -2.09. The zero-order valence-corrected chi connectivity index (χ0v) is 15.8. The van der Waals surface area contributed by atoms with Crippen molar-refractivity contribution in [1.82, 2.24) is 4.98 Å². The van der Waals surface area contributed by atoms with E-state index in [0.29, 0.717) is 22.9 Å². The molecule has 4 rings (SSSR count). The van der Waals surface area contributed by atoms with Gasteiger partial charge in [0, 0.05) is 21.8 Å². The highest BCUT2D eigenvalue weighted by atomic mass is 79.9. The zero-order valence-electron chi connectivity index (χ0n) is 14.3. The first-order chi connectivity index (χ1) is 13.0. The van der Waals surface area contributed by atoms with Crippen molar-refractivity contribution in [3.8, 4) is 22.6 Å². The van der Waals surface area contributed by atoms with E-state index in [2.05, 4.69) is 26.2 Å². The molecule has 1 amide bonds. The molecule has 2 aromatic carbocycles. The van der Waals surface area contributed by atoms with Crippen molar-refractivity contribution in [2.45, 2.75) is 6.92 Å². The van der Waals surface area contributed by atoms with Gasteiger partial charge in [0.05, 0.1) is 5.56 Å². The molecule has 1 aliphatic rings. The fourth-order valence-electron chi connectivity index (χ4n) is 2.77. The van der Waals surface area contributed by atoms with Crippen molar-refractivity contribution >= 4 is 27.7 Å². The maximum atomic E-state index is 14.1. The van der Waals surface area contributed by atoms with E-state index in [4.69, 9.17) is 9.47 Å². The predicted octanol–water partition coefficient (Wildman–Crippen LogP) is 4.94. The molecule has 0 aliphatic carbocycles. The first-order valence-electron chi connectivity index (χ1n) is 8.15. The number of aromatic nitrogens is 1. The number of carbonyl (C=O) groups excluding carboxylic acids is 1. The Kier molecular flexibility index (Phi) is 4.53. The molecule has 1 aromatic heterocycles. The highest BCUT2D eigenvalue weighted by molar-refractivity contribution is 9.10. The molecule has 0 saturated carbocycles. The van der Waals surface area contributed by atoms with Crippen molar-refractivity contribution in [3.05, 3.63) is 70.1 Å². The minimum absolute atomic E-state index is 0.0145. The van der Waals surface area contributed by atoms with Gasteiger partial charge >= 0.3 is 0 Å². The highest BCUT2D eigenvalue weighted by Crippen LogP contribution is 2.40. The van der Waals surface area contributed by atoms with Gasteiger partial charge in [-0.2, -0.15) is 0 Å². The van der Waals surface area contributed by atoms with Crippen molar-refractivity contribution in [2.24, 2.45) is 0 Å². The molecular formula is C20H14BrFN2O3. The van der Waals surface area contributed by atoms with Gasteiger partial charge in [-0.15, -0.1) is 0 Å². The third kappa shape index (κ3) is 3.38. The summed E-state index contributed by atoms with van der Waals surface area (Å²) in [4.78, 5) is 16.6. The molecule has 0 fully saturated rings. The van der Waals surface area contributed by atoms with E-state index < -0.39 is 11.7 Å². The van der Waals surface area contributed by atoms with Gasteiger partial charge in [0.25, 0.3) is 5.91 Å². The zero-order chi connectivity index (χ0) is 19.0. The summed E-state index contributed by atoms with van der Waals surface area (Å²) in [5, 5.41) is 2.61. The number of aryl methyl sites for hydroxylation is 1. The van der Waals surface area contributed by atoms with Gasteiger partial charge < -0.3 is 14.8 Å². The quantitative estimate of drug-likeness (QED) is 0.641. The number of carbonyl (C=O) groups is 1. The van der Waals surface area contributed by atoms with Gasteiger partial charge in [0.1, 0.15) is 11.6 Å². The Morgan fingerprint density at radius 1 is 1.19 bits per heavy atom. The summed E-state index contributed by atoms with van der Waals surface area (Å²) in [6.45, 7) is 1.81. The molecule has 0 radical (unpaired) electrons. The number of hydrogen-bond acceptors (Lipinski definition) is 4. The van der Waals surface area contributed by atoms with Crippen LogP contribution in [-0.2, 0) is 0 Å². The van der Waals surface area contributed by atoms with Crippen LogP contribution in [0.5, 0.6) is 11.5 Å². The van der Waals surface area contributed by atoms with E-state index in [1.54, 1.807) is 31.3 Å². The topological polar surface area (TPSA) is 60.5 Å². The smallest absolute Gasteiger partial charge is 0.259 e. The number of hydrogen-bond donors (Lipinski definition) is 1. The summed E-state index contributed by atoms with van der Waals surface area (Å²) in [6, 6.07) is 11.9. The molecule has 136 valence electrons. The summed E-state index contributed by atoms with van der Waals surface area (Å²) in [5.41, 5.74) is 2.12. The van der Waals surface area contributed by atoms with Gasteiger partial charge in [0.2, 0.25) is 6.79 Å². The molecule has 0 unspecified atom stereocenters. The second-order valence-electron chi connectivity index (χ2n) is 6.01. The molecule has 0 saturated heterocycles. The Morgan fingerprint density at radius 2 is 1.96 bits per heavy atom. The molecule has 3 aromatic rings. The van der Waals surface area contributed by atoms with Gasteiger partial charge in [0.15, 0.2) is 11.5 Å². The second kappa shape index (κ2) is 7.00. The number of pyridine rings is 1. The number of anilines is 1. The van der Waals surface area contributed by atoms with Crippen LogP contribution < -0.4 is 14.8 Å². The molecule has 1 N–H and O–H groups in total. The minimum Gasteiger partial charge on any atom is -0.454 e. The van der Waals surface area contributed by atoms with Gasteiger partial charge in [-0.05, 0) is 42.8 Å². The lowest BCUT2D eigenvalue weighted by Crippen LogP contribution is -2.15. The van der Waals surface area contributed by atoms with Crippen LogP contribution in [0.2, 0.25) is 0 Å². The van der Waals surface area contributed by atoms with E-state index in [9.17, 15) is 9.18 Å². The van der Waals surface area contributed by atoms with Crippen LogP contribution in [0.4, 0.5) is 10.2 Å². The average molecular weight is 429 g/mol. The maximum absolute atomic E-state index is 14.1. The maximum Gasteiger partial charge on any atom is 0.259 e. The van der Waals surface area contributed by atoms with Crippen LogP contribution in [0.25, 0.3) is 11.1 Å². The van der Waals surface area contributed by atoms with Crippen LogP contribution in [0.15, 0.2) is 53.1 Å². The summed E-state index contributed by atoms with van der Waals surface area (Å²) >= 11 is 3.52. The van der Waals surface area contributed by atoms with Crippen LogP contribution in [0.1, 0.15) is 15.9 Å². The average Bonchev–Trinajstić information content (AvgIpc) is 3.11. The monoisotopic (exact) mass is 428 g/mol. The number of rotatable bonds is 3. The Labute approximate surface area is 163 Å². The molecule has 0 spiro atoms. The lowest BCUT2D eigenvalue weighted by atomic mass is 10.1. The largest absolute Gasteiger partial charge is 0.454 e. The van der Waals surface area contributed by atoms with E-state index in [0.717, 1.165) is 15.6 Å². The van der Waals surface area contributed by atoms with Crippen molar-refractivity contribution < 1.29 is 18.7 Å². The molecular weight excluding hydrogens is 415 g/mol. The number of nitrogens with one attached hydrogen (secondary N) is 1. The normalized spacial score (nSPS) is 12.1. The van der Waals surface area contributed by atoms with Crippen LogP contribution in [0.3, 0.4) is 0 Å².